The number of fused-ring (bicyclic) bond motifs is 6. The summed E-state index contributed by atoms with van der Waals surface area (Å²) in [6.07, 6.45) is 3.74. The Morgan fingerprint density at radius 3 is 1.82 bits per heavy atom. The van der Waals surface area contributed by atoms with Gasteiger partial charge in [-0.25, -0.2) is 0 Å². The molecule has 0 aliphatic carbocycles. The van der Waals surface area contributed by atoms with Gasteiger partial charge in [0.25, 0.3) is 0 Å². The van der Waals surface area contributed by atoms with Gasteiger partial charge in [0, 0.05) is 48.8 Å². The molecule has 10 rings (SSSR count). The standard InChI is InChI=1S/C35H21N2.C11H8N.Ir/c1-3-9-23(10-4-1)26-15-17-32(36-22-26)25-16-18-34-29(19-25)31-21-27(24-11-5-2-6-12-24)20-30-28-13-7-8-14-33(28)37(34)35(30)31;1-2-6-10(7-3-1)11-8-4-5-9-12-11;/h1-15,17-22H;1-6,8-9H;/q2*-1;. The van der Waals surface area contributed by atoms with E-state index >= 15 is 0 Å². The van der Waals surface area contributed by atoms with Gasteiger partial charge in [-0.05, 0) is 68.8 Å². The van der Waals surface area contributed by atoms with Crippen LogP contribution in [0.4, 0.5) is 0 Å². The minimum Gasteiger partial charge on any atom is -0.350 e. The molecule has 0 aliphatic heterocycles. The van der Waals surface area contributed by atoms with Crippen molar-refractivity contribution in [3.05, 3.63) is 188 Å². The maximum atomic E-state index is 4.81. The van der Waals surface area contributed by atoms with Crippen LogP contribution in [0.25, 0.3) is 82.9 Å². The van der Waals surface area contributed by atoms with Gasteiger partial charge in [-0.2, -0.15) is 0 Å². The first-order valence-corrected chi connectivity index (χ1v) is 16.4. The van der Waals surface area contributed by atoms with Crippen molar-refractivity contribution in [1.29, 1.82) is 0 Å². The SMILES string of the molecule is [Ir].[c-]1cc2c(cc1-c1ccc(-c3ccccc3)cn1)c1cc(-c3ccccc3)cc3c4ccccc4n2c13.[c-]1ccccc1-c1ccccn1. The van der Waals surface area contributed by atoms with Crippen LogP contribution < -0.4 is 0 Å². The summed E-state index contributed by atoms with van der Waals surface area (Å²) in [5, 5.41) is 5.06. The van der Waals surface area contributed by atoms with Crippen LogP contribution in [0, 0.1) is 12.1 Å². The van der Waals surface area contributed by atoms with Crippen LogP contribution in [-0.4, -0.2) is 14.4 Å². The van der Waals surface area contributed by atoms with Crippen LogP contribution in [0.2, 0.25) is 0 Å². The van der Waals surface area contributed by atoms with E-state index in [1.165, 1.54) is 54.8 Å². The monoisotopic (exact) mass is 816 g/mol. The topological polar surface area (TPSA) is 30.2 Å². The molecular formula is C46H29IrN3-2. The number of rotatable bonds is 4. The Bertz CT molecular complexity index is 2630. The van der Waals surface area contributed by atoms with Crippen LogP contribution in [-0.2, 0) is 20.1 Å². The average molecular weight is 816 g/mol. The van der Waals surface area contributed by atoms with Crippen molar-refractivity contribution in [1.82, 2.24) is 14.4 Å². The summed E-state index contributed by atoms with van der Waals surface area (Å²) in [4.78, 5) is 9.03. The zero-order valence-electron chi connectivity index (χ0n) is 26.9. The molecule has 3 nitrogen and oxygen atoms in total. The fraction of sp³-hybridized carbons (Fsp3) is 0. The molecule has 239 valence electrons. The third-order valence-corrected chi connectivity index (χ3v) is 9.13. The first kappa shape index (κ1) is 31.3. The Balaban J connectivity index is 0.000000236. The van der Waals surface area contributed by atoms with Crippen molar-refractivity contribution in [2.24, 2.45) is 0 Å². The Morgan fingerprint density at radius 1 is 0.440 bits per heavy atom. The van der Waals surface area contributed by atoms with E-state index in [-0.39, 0.29) is 20.1 Å². The molecule has 4 heteroatoms. The zero-order valence-corrected chi connectivity index (χ0v) is 29.3. The molecule has 4 aromatic heterocycles. The number of hydrogen-bond donors (Lipinski definition) is 0. The van der Waals surface area contributed by atoms with Gasteiger partial charge < -0.3 is 14.4 Å². The van der Waals surface area contributed by atoms with Crippen molar-refractivity contribution in [2.45, 2.75) is 0 Å². The van der Waals surface area contributed by atoms with Gasteiger partial charge in [-0.15, -0.1) is 59.7 Å². The third-order valence-electron chi connectivity index (χ3n) is 9.13. The Hall–Kier alpha value is -5.93. The fourth-order valence-electron chi connectivity index (χ4n) is 6.81. The number of nitrogens with zero attached hydrogens (tertiary/aromatic N) is 3. The normalized spacial score (nSPS) is 11.0. The number of pyridine rings is 2. The molecule has 0 atom stereocenters. The summed E-state index contributed by atoms with van der Waals surface area (Å²) in [5.74, 6) is 0. The van der Waals surface area contributed by atoms with Crippen LogP contribution in [0.3, 0.4) is 0 Å². The first-order valence-electron chi connectivity index (χ1n) is 16.4. The van der Waals surface area contributed by atoms with Gasteiger partial charge in [0.2, 0.25) is 0 Å². The van der Waals surface area contributed by atoms with Crippen molar-refractivity contribution in [3.63, 3.8) is 0 Å². The summed E-state index contributed by atoms with van der Waals surface area (Å²) >= 11 is 0. The molecule has 4 heterocycles. The van der Waals surface area contributed by atoms with E-state index in [1.54, 1.807) is 6.20 Å². The van der Waals surface area contributed by atoms with Crippen LogP contribution in [0.5, 0.6) is 0 Å². The molecule has 0 aliphatic rings. The van der Waals surface area contributed by atoms with Crippen molar-refractivity contribution >= 4 is 38.1 Å². The molecule has 1 radical (unpaired) electrons. The second kappa shape index (κ2) is 13.5. The molecule has 0 bridgehead atoms. The van der Waals surface area contributed by atoms with E-state index < -0.39 is 0 Å². The first-order chi connectivity index (χ1) is 24.3. The van der Waals surface area contributed by atoms with Gasteiger partial charge in [-0.3, -0.25) is 0 Å². The van der Waals surface area contributed by atoms with Crippen LogP contribution >= 0.6 is 0 Å². The molecule has 0 unspecified atom stereocenters. The van der Waals surface area contributed by atoms with E-state index in [2.05, 4.69) is 137 Å². The molecule has 0 N–H and O–H groups in total. The maximum Gasteiger partial charge on any atom is 0.0517 e. The molecule has 0 saturated heterocycles. The van der Waals surface area contributed by atoms with Gasteiger partial charge in [0.15, 0.2) is 0 Å². The van der Waals surface area contributed by atoms with Crippen molar-refractivity contribution < 1.29 is 20.1 Å². The predicted molar refractivity (Wildman–Crippen MR) is 203 cm³/mol. The van der Waals surface area contributed by atoms with Gasteiger partial charge in [0.05, 0.1) is 5.52 Å². The van der Waals surface area contributed by atoms with Crippen molar-refractivity contribution in [2.75, 3.05) is 0 Å². The Labute approximate surface area is 304 Å². The molecular weight excluding hydrogens is 787 g/mol. The van der Waals surface area contributed by atoms with Gasteiger partial charge >= 0.3 is 0 Å². The summed E-state index contributed by atoms with van der Waals surface area (Å²) in [5.41, 5.74) is 12.4. The van der Waals surface area contributed by atoms with Crippen molar-refractivity contribution in [3.8, 4) is 44.8 Å². The quantitative estimate of drug-likeness (QED) is 0.166. The number of benzene rings is 6. The van der Waals surface area contributed by atoms with E-state index in [1.807, 2.05) is 54.7 Å². The minimum atomic E-state index is 0. The van der Waals surface area contributed by atoms with E-state index in [0.717, 1.165) is 28.1 Å². The summed E-state index contributed by atoms with van der Waals surface area (Å²) in [6, 6.07) is 63.4. The number of aromatic nitrogens is 3. The predicted octanol–water partition coefficient (Wildman–Crippen LogP) is 11.6. The van der Waals surface area contributed by atoms with Crippen LogP contribution in [0.1, 0.15) is 0 Å². The molecule has 50 heavy (non-hydrogen) atoms. The van der Waals surface area contributed by atoms with E-state index in [9.17, 15) is 0 Å². The molecule has 0 fully saturated rings. The van der Waals surface area contributed by atoms with Gasteiger partial charge in [-0.1, -0.05) is 109 Å². The second-order valence-corrected chi connectivity index (χ2v) is 12.1. The average Bonchev–Trinajstić information content (AvgIpc) is 3.71. The van der Waals surface area contributed by atoms with E-state index in [4.69, 9.17) is 4.98 Å². The largest absolute Gasteiger partial charge is 0.350 e. The summed E-state index contributed by atoms with van der Waals surface area (Å²) in [7, 11) is 0. The summed E-state index contributed by atoms with van der Waals surface area (Å²) in [6.45, 7) is 0. The van der Waals surface area contributed by atoms with Crippen LogP contribution in [0.15, 0.2) is 176 Å². The second-order valence-electron chi connectivity index (χ2n) is 12.1. The molecule has 6 aromatic carbocycles. The molecule has 0 saturated carbocycles. The zero-order chi connectivity index (χ0) is 32.6. The fourth-order valence-corrected chi connectivity index (χ4v) is 6.81. The summed E-state index contributed by atoms with van der Waals surface area (Å²) < 4.78 is 2.40. The number of para-hydroxylation sites is 1. The molecule has 0 amide bonds. The Kier molecular flexibility index (Phi) is 8.48. The maximum absolute atomic E-state index is 4.81. The smallest absolute Gasteiger partial charge is 0.0517 e. The van der Waals surface area contributed by atoms with Gasteiger partial charge in [0.1, 0.15) is 0 Å². The Morgan fingerprint density at radius 2 is 1.12 bits per heavy atom. The molecule has 0 spiro atoms. The number of hydrogen-bond acceptors (Lipinski definition) is 2. The molecule has 10 aromatic rings. The van der Waals surface area contributed by atoms with E-state index in [0.29, 0.717) is 0 Å². The third kappa shape index (κ3) is 5.65. The minimum absolute atomic E-state index is 0.